The Hall–Kier alpha value is -0.930. The molecule has 1 N–H and O–H groups in total. The first kappa shape index (κ1) is 9.16. The summed E-state index contributed by atoms with van der Waals surface area (Å²) in [6, 6.07) is 7.43. The molecule has 0 amide bonds. The van der Waals surface area contributed by atoms with Crippen molar-refractivity contribution in [3.63, 3.8) is 0 Å². The van der Waals surface area contributed by atoms with Crippen molar-refractivity contribution in [2.75, 3.05) is 6.67 Å². The molecular weight excluding hydrogens is 176 g/mol. The minimum atomic E-state index is 0.141. The molecule has 0 atom stereocenters. The van der Waals surface area contributed by atoms with Crippen LogP contribution in [0.25, 0.3) is 0 Å². The van der Waals surface area contributed by atoms with Crippen LogP contribution in [0.1, 0.15) is 5.56 Å². The van der Waals surface area contributed by atoms with Crippen molar-refractivity contribution in [3.8, 4) is 0 Å². The summed E-state index contributed by atoms with van der Waals surface area (Å²) in [7, 11) is 0. The van der Waals surface area contributed by atoms with Gasteiger partial charge in [0.1, 0.15) is 6.67 Å². The number of halogens is 1. The molecule has 64 valence electrons. The molecule has 0 aliphatic heterocycles. The molecule has 1 aromatic rings. The average molecular weight is 185 g/mol. The number of benzene rings is 1. The smallest absolute Gasteiger partial charge is 0.131 e. The van der Waals surface area contributed by atoms with E-state index in [2.05, 4.69) is 10.5 Å². The molecule has 0 saturated heterocycles. The molecule has 0 radical (unpaired) electrons. The highest BCUT2D eigenvalue weighted by Crippen LogP contribution is 2.08. The predicted molar refractivity (Wildman–Crippen MR) is 49.0 cm³/mol. The van der Waals surface area contributed by atoms with Gasteiger partial charge in [-0.05, 0) is 17.7 Å². The van der Waals surface area contributed by atoms with Crippen LogP contribution in [0.3, 0.4) is 0 Å². The minimum absolute atomic E-state index is 0.141. The summed E-state index contributed by atoms with van der Waals surface area (Å²) >= 11 is 5.68. The third-order valence-electron chi connectivity index (χ3n) is 1.42. The highest BCUT2D eigenvalue weighted by Gasteiger charge is 1.91. The van der Waals surface area contributed by atoms with Crippen LogP contribution >= 0.6 is 11.6 Å². The van der Waals surface area contributed by atoms with Crippen LogP contribution in [0, 0.1) is 4.91 Å². The summed E-state index contributed by atoms with van der Waals surface area (Å²) in [6.07, 6.45) is 0. The summed E-state index contributed by atoms with van der Waals surface area (Å²) in [6.45, 7) is 0.783. The predicted octanol–water partition coefficient (Wildman–Crippen LogP) is 2.15. The maximum atomic E-state index is 9.72. The lowest BCUT2D eigenvalue weighted by Gasteiger charge is -1.99. The Bertz CT molecular complexity index is 248. The van der Waals surface area contributed by atoms with Gasteiger partial charge >= 0.3 is 0 Å². The van der Waals surface area contributed by atoms with Crippen molar-refractivity contribution in [1.29, 1.82) is 0 Å². The largest absolute Gasteiger partial charge is 0.291 e. The van der Waals surface area contributed by atoms with Crippen LogP contribution in [0.4, 0.5) is 0 Å². The van der Waals surface area contributed by atoms with E-state index in [9.17, 15) is 4.91 Å². The van der Waals surface area contributed by atoms with E-state index in [1.54, 1.807) is 0 Å². The second kappa shape index (κ2) is 4.85. The standard InChI is InChI=1S/C8H9ClN2O/c9-8-3-1-7(2-4-8)5-10-6-11-12/h1-4,10H,5-6H2. The molecule has 1 rings (SSSR count). The van der Waals surface area contributed by atoms with Gasteiger partial charge in [-0.3, -0.25) is 5.32 Å². The number of rotatable bonds is 4. The Kier molecular flexibility index (Phi) is 3.70. The lowest BCUT2D eigenvalue weighted by Crippen LogP contribution is -2.12. The molecule has 1 aromatic carbocycles. The van der Waals surface area contributed by atoms with E-state index in [-0.39, 0.29) is 6.67 Å². The molecule has 4 heteroatoms. The summed E-state index contributed by atoms with van der Waals surface area (Å²) in [5.41, 5.74) is 1.09. The van der Waals surface area contributed by atoms with E-state index in [0.717, 1.165) is 5.56 Å². The zero-order valence-corrected chi connectivity index (χ0v) is 7.21. The summed E-state index contributed by atoms with van der Waals surface area (Å²) < 4.78 is 0. The SMILES string of the molecule is O=NCNCc1ccc(Cl)cc1. The average Bonchev–Trinajstić information content (AvgIpc) is 2.09. The van der Waals surface area contributed by atoms with Crippen molar-refractivity contribution in [3.05, 3.63) is 39.8 Å². The fraction of sp³-hybridized carbons (Fsp3) is 0.250. The van der Waals surface area contributed by atoms with Crippen molar-refractivity contribution < 1.29 is 0 Å². The van der Waals surface area contributed by atoms with Gasteiger partial charge in [0.25, 0.3) is 0 Å². The molecular formula is C8H9ClN2O. The quantitative estimate of drug-likeness (QED) is 0.576. The van der Waals surface area contributed by atoms with Crippen molar-refractivity contribution in [1.82, 2.24) is 5.32 Å². The van der Waals surface area contributed by atoms with Gasteiger partial charge in [-0.1, -0.05) is 28.9 Å². The number of nitrogens with one attached hydrogen (secondary N) is 1. The van der Waals surface area contributed by atoms with E-state index in [4.69, 9.17) is 11.6 Å². The zero-order valence-electron chi connectivity index (χ0n) is 6.46. The van der Waals surface area contributed by atoms with Gasteiger partial charge < -0.3 is 0 Å². The van der Waals surface area contributed by atoms with Crippen LogP contribution in [0.5, 0.6) is 0 Å². The molecule has 0 spiro atoms. The monoisotopic (exact) mass is 184 g/mol. The van der Waals surface area contributed by atoms with Crippen molar-refractivity contribution in [2.45, 2.75) is 6.54 Å². The van der Waals surface area contributed by atoms with E-state index in [1.165, 1.54) is 0 Å². The van der Waals surface area contributed by atoms with E-state index in [1.807, 2.05) is 24.3 Å². The number of hydrogen-bond acceptors (Lipinski definition) is 3. The van der Waals surface area contributed by atoms with Gasteiger partial charge in [-0.25, -0.2) is 0 Å². The van der Waals surface area contributed by atoms with Crippen LogP contribution in [-0.2, 0) is 6.54 Å². The number of hydrogen-bond donors (Lipinski definition) is 1. The zero-order chi connectivity index (χ0) is 8.81. The fourth-order valence-corrected chi connectivity index (χ4v) is 0.974. The normalized spacial score (nSPS) is 9.75. The maximum Gasteiger partial charge on any atom is 0.131 e. The van der Waals surface area contributed by atoms with Crippen molar-refractivity contribution >= 4 is 11.6 Å². The van der Waals surface area contributed by atoms with Crippen LogP contribution in [-0.4, -0.2) is 6.67 Å². The van der Waals surface area contributed by atoms with Gasteiger partial charge in [-0.15, -0.1) is 4.91 Å². The summed E-state index contributed by atoms with van der Waals surface area (Å²) in [4.78, 5) is 9.72. The van der Waals surface area contributed by atoms with Crippen LogP contribution in [0.15, 0.2) is 29.4 Å². The highest BCUT2D eigenvalue weighted by molar-refractivity contribution is 6.30. The number of nitrogens with zero attached hydrogens (tertiary/aromatic N) is 1. The third kappa shape index (κ3) is 2.98. The number of nitroso groups, excluding NO2 is 1. The summed E-state index contributed by atoms with van der Waals surface area (Å²) in [5.74, 6) is 0. The minimum Gasteiger partial charge on any atom is -0.291 e. The molecule has 0 heterocycles. The molecule has 0 fully saturated rings. The molecule has 0 aromatic heterocycles. The van der Waals surface area contributed by atoms with Gasteiger partial charge in [0, 0.05) is 11.6 Å². The first-order chi connectivity index (χ1) is 5.83. The van der Waals surface area contributed by atoms with E-state index >= 15 is 0 Å². The van der Waals surface area contributed by atoms with Crippen molar-refractivity contribution in [2.24, 2.45) is 5.18 Å². The van der Waals surface area contributed by atoms with Gasteiger partial charge in [-0.2, -0.15) is 0 Å². The molecule has 3 nitrogen and oxygen atoms in total. The van der Waals surface area contributed by atoms with Crippen LogP contribution < -0.4 is 5.32 Å². The Labute approximate surface area is 75.7 Å². The lowest BCUT2D eigenvalue weighted by molar-refractivity contribution is 0.707. The first-order valence-corrected chi connectivity index (χ1v) is 3.95. The van der Waals surface area contributed by atoms with Gasteiger partial charge in [0.15, 0.2) is 0 Å². The Morgan fingerprint density at radius 1 is 1.33 bits per heavy atom. The molecule has 0 aliphatic carbocycles. The summed E-state index contributed by atoms with van der Waals surface area (Å²) in [5, 5.41) is 6.24. The lowest BCUT2D eigenvalue weighted by atomic mass is 10.2. The Morgan fingerprint density at radius 2 is 2.00 bits per heavy atom. The fourth-order valence-electron chi connectivity index (χ4n) is 0.848. The van der Waals surface area contributed by atoms with E-state index < -0.39 is 0 Å². The molecule has 0 saturated carbocycles. The molecule has 0 bridgehead atoms. The second-order valence-corrected chi connectivity index (χ2v) is 2.78. The second-order valence-electron chi connectivity index (χ2n) is 2.34. The van der Waals surface area contributed by atoms with E-state index in [0.29, 0.717) is 11.6 Å². The highest BCUT2D eigenvalue weighted by atomic mass is 35.5. The van der Waals surface area contributed by atoms with Gasteiger partial charge in [0.05, 0.1) is 0 Å². The topological polar surface area (TPSA) is 41.5 Å². The molecule has 0 aliphatic rings. The Morgan fingerprint density at radius 3 is 2.58 bits per heavy atom. The van der Waals surface area contributed by atoms with Crippen LogP contribution in [0.2, 0.25) is 5.02 Å². The molecule has 0 unspecified atom stereocenters. The Balaban J connectivity index is 2.42. The first-order valence-electron chi connectivity index (χ1n) is 3.57. The third-order valence-corrected chi connectivity index (χ3v) is 1.67. The van der Waals surface area contributed by atoms with Gasteiger partial charge in [0.2, 0.25) is 0 Å². The maximum absolute atomic E-state index is 9.72. The molecule has 12 heavy (non-hydrogen) atoms.